The van der Waals surface area contributed by atoms with Crippen LogP contribution in [0.5, 0.6) is 11.8 Å². The quantitative estimate of drug-likeness (QED) is 0.830. The van der Waals surface area contributed by atoms with Crippen molar-refractivity contribution in [1.82, 2.24) is 19.9 Å². The molecule has 7 heteroatoms. The van der Waals surface area contributed by atoms with E-state index in [1.807, 2.05) is 13.8 Å². The Morgan fingerprint density at radius 2 is 2.12 bits per heavy atom. The van der Waals surface area contributed by atoms with E-state index in [1.54, 1.807) is 35.5 Å². The highest BCUT2D eigenvalue weighted by atomic mass is 16.5. The minimum absolute atomic E-state index is 0.0421. The SMILES string of the molecule is CC(C)Oc1ccc(C(=O)N2CCCC(Oc3ccncn3)C2)cn1. The lowest BCUT2D eigenvalue weighted by atomic mass is 10.1. The first-order valence-electron chi connectivity index (χ1n) is 8.46. The number of ether oxygens (including phenoxy) is 2. The third-order valence-corrected chi connectivity index (χ3v) is 3.85. The topological polar surface area (TPSA) is 77.4 Å². The van der Waals surface area contributed by atoms with Gasteiger partial charge < -0.3 is 14.4 Å². The van der Waals surface area contributed by atoms with Gasteiger partial charge in [-0.3, -0.25) is 4.79 Å². The second kappa shape index (κ2) is 7.92. The van der Waals surface area contributed by atoms with Crippen LogP contribution in [0.25, 0.3) is 0 Å². The normalized spacial score (nSPS) is 17.4. The average Bonchev–Trinajstić information content (AvgIpc) is 2.62. The molecule has 2 aromatic rings. The number of piperidine rings is 1. The molecule has 0 N–H and O–H groups in total. The summed E-state index contributed by atoms with van der Waals surface area (Å²) in [5, 5.41) is 0. The van der Waals surface area contributed by atoms with Crippen LogP contribution in [0.2, 0.25) is 0 Å². The van der Waals surface area contributed by atoms with Crippen LogP contribution in [0.4, 0.5) is 0 Å². The van der Waals surface area contributed by atoms with Gasteiger partial charge in [-0.15, -0.1) is 0 Å². The lowest BCUT2D eigenvalue weighted by molar-refractivity contribution is 0.0527. The highest BCUT2D eigenvalue weighted by molar-refractivity contribution is 5.94. The molecule has 1 unspecified atom stereocenters. The van der Waals surface area contributed by atoms with Crippen molar-refractivity contribution < 1.29 is 14.3 Å². The molecule has 0 aliphatic carbocycles. The summed E-state index contributed by atoms with van der Waals surface area (Å²) in [7, 11) is 0. The van der Waals surface area contributed by atoms with Gasteiger partial charge in [0.2, 0.25) is 11.8 Å². The summed E-state index contributed by atoms with van der Waals surface area (Å²) in [6.45, 7) is 5.12. The van der Waals surface area contributed by atoms with Gasteiger partial charge in [0.15, 0.2) is 0 Å². The number of aromatic nitrogens is 3. The van der Waals surface area contributed by atoms with E-state index < -0.39 is 0 Å². The molecule has 1 amide bonds. The maximum Gasteiger partial charge on any atom is 0.255 e. The molecular formula is C18H22N4O3. The molecule has 1 saturated heterocycles. The van der Waals surface area contributed by atoms with Crippen molar-refractivity contribution in [2.24, 2.45) is 0 Å². The fourth-order valence-electron chi connectivity index (χ4n) is 2.74. The smallest absolute Gasteiger partial charge is 0.255 e. The van der Waals surface area contributed by atoms with E-state index in [4.69, 9.17) is 9.47 Å². The van der Waals surface area contributed by atoms with Gasteiger partial charge in [-0.2, -0.15) is 0 Å². The fraction of sp³-hybridized carbons (Fsp3) is 0.444. The van der Waals surface area contributed by atoms with E-state index in [2.05, 4.69) is 15.0 Å². The van der Waals surface area contributed by atoms with Crippen LogP contribution < -0.4 is 9.47 Å². The van der Waals surface area contributed by atoms with Gasteiger partial charge >= 0.3 is 0 Å². The minimum Gasteiger partial charge on any atom is -0.475 e. The van der Waals surface area contributed by atoms with Crippen molar-refractivity contribution >= 4 is 5.91 Å². The first kappa shape index (κ1) is 17.1. The zero-order valence-electron chi connectivity index (χ0n) is 14.5. The van der Waals surface area contributed by atoms with Crippen molar-refractivity contribution in [3.63, 3.8) is 0 Å². The highest BCUT2D eigenvalue weighted by Crippen LogP contribution is 2.18. The lowest BCUT2D eigenvalue weighted by Gasteiger charge is -2.32. The zero-order valence-corrected chi connectivity index (χ0v) is 14.5. The summed E-state index contributed by atoms with van der Waals surface area (Å²) in [5.41, 5.74) is 0.554. The maximum atomic E-state index is 12.7. The second-order valence-electron chi connectivity index (χ2n) is 6.23. The lowest BCUT2D eigenvalue weighted by Crippen LogP contribution is -2.44. The second-order valence-corrected chi connectivity index (χ2v) is 6.23. The molecule has 0 aromatic carbocycles. The molecule has 0 bridgehead atoms. The zero-order chi connectivity index (χ0) is 17.6. The molecule has 7 nitrogen and oxygen atoms in total. The van der Waals surface area contributed by atoms with Crippen molar-refractivity contribution in [1.29, 1.82) is 0 Å². The number of hydrogen-bond donors (Lipinski definition) is 0. The van der Waals surface area contributed by atoms with Crippen molar-refractivity contribution in [2.45, 2.75) is 38.9 Å². The van der Waals surface area contributed by atoms with Crippen LogP contribution in [-0.4, -0.2) is 51.1 Å². The Labute approximate surface area is 147 Å². The molecule has 2 aromatic heterocycles. The van der Waals surface area contributed by atoms with Crippen LogP contribution in [0.3, 0.4) is 0 Å². The largest absolute Gasteiger partial charge is 0.475 e. The van der Waals surface area contributed by atoms with Gasteiger partial charge in [-0.25, -0.2) is 15.0 Å². The Balaban J connectivity index is 1.61. The van der Waals surface area contributed by atoms with Crippen molar-refractivity contribution in [2.75, 3.05) is 13.1 Å². The standard InChI is InChI=1S/C18H22N4O3/c1-13(2)24-16-6-5-14(10-20-16)18(23)22-9-3-4-15(11-22)25-17-7-8-19-12-21-17/h5-8,10,12-13,15H,3-4,9,11H2,1-2H3. The van der Waals surface area contributed by atoms with E-state index in [0.717, 1.165) is 12.8 Å². The monoisotopic (exact) mass is 342 g/mol. The number of nitrogens with zero attached hydrogens (tertiary/aromatic N) is 4. The Hall–Kier alpha value is -2.70. The Morgan fingerprint density at radius 3 is 2.80 bits per heavy atom. The Bertz CT molecular complexity index is 691. The van der Waals surface area contributed by atoms with Crippen molar-refractivity contribution in [3.8, 4) is 11.8 Å². The molecule has 3 rings (SSSR count). The van der Waals surface area contributed by atoms with E-state index in [0.29, 0.717) is 30.4 Å². The van der Waals surface area contributed by atoms with Crippen LogP contribution >= 0.6 is 0 Å². The van der Waals surface area contributed by atoms with Crippen LogP contribution in [-0.2, 0) is 0 Å². The van der Waals surface area contributed by atoms with Gasteiger partial charge in [-0.1, -0.05) is 0 Å². The summed E-state index contributed by atoms with van der Waals surface area (Å²) >= 11 is 0. The summed E-state index contributed by atoms with van der Waals surface area (Å²) in [5.74, 6) is 1.01. The maximum absolute atomic E-state index is 12.7. The van der Waals surface area contributed by atoms with Crippen LogP contribution in [0, 0.1) is 0 Å². The minimum atomic E-state index is -0.0656. The van der Waals surface area contributed by atoms with Gasteiger partial charge in [-0.05, 0) is 32.8 Å². The van der Waals surface area contributed by atoms with Gasteiger partial charge in [0.25, 0.3) is 5.91 Å². The average molecular weight is 342 g/mol. The van der Waals surface area contributed by atoms with Crippen LogP contribution in [0.1, 0.15) is 37.0 Å². The number of rotatable bonds is 5. The fourth-order valence-corrected chi connectivity index (χ4v) is 2.74. The predicted molar refractivity (Wildman–Crippen MR) is 91.6 cm³/mol. The Kier molecular flexibility index (Phi) is 5.42. The molecule has 132 valence electrons. The summed E-state index contributed by atoms with van der Waals surface area (Å²) in [4.78, 5) is 26.6. The molecule has 1 fully saturated rings. The number of hydrogen-bond acceptors (Lipinski definition) is 6. The van der Waals surface area contributed by atoms with E-state index in [-0.39, 0.29) is 18.1 Å². The first-order valence-corrected chi connectivity index (χ1v) is 8.46. The molecule has 1 aliphatic heterocycles. The van der Waals surface area contributed by atoms with Gasteiger partial charge in [0.05, 0.1) is 18.2 Å². The van der Waals surface area contributed by atoms with E-state index in [1.165, 1.54) is 6.33 Å². The molecule has 3 heterocycles. The van der Waals surface area contributed by atoms with Gasteiger partial charge in [0, 0.05) is 31.1 Å². The molecular weight excluding hydrogens is 320 g/mol. The molecule has 1 atom stereocenters. The number of pyridine rings is 1. The third kappa shape index (κ3) is 4.65. The Morgan fingerprint density at radius 1 is 1.24 bits per heavy atom. The van der Waals surface area contributed by atoms with E-state index in [9.17, 15) is 4.79 Å². The summed E-state index contributed by atoms with van der Waals surface area (Å²) < 4.78 is 11.4. The molecule has 0 radical (unpaired) electrons. The molecule has 0 spiro atoms. The number of likely N-dealkylation sites (tertiary alicyclic amines) is 1. The summed E-state index contributed by atoms with van der Waals surface area (Å²) in [6.07, 6.45) is 6.43. The number of amides is 1. The number of carbonyl (C=O) groups is 1. The predicted octanol–water partition coefficient (Wildman–Crippen LogP) is 2.34. The summed E-state index contributed by atoms with van der Waals surface area (Å²) in [6, 6.07) is 5.20. The molecule has 1 aliphatic rings. The van der Waals surface area contributed by atoms with Gasteiger partial charge in [0.1, 0.15) is 12.4 Å². The first-order chi connectivity index (χ1) is 12.1. The highest BCUT2D eigenvalue weighted by Gasteiger charge is 2.26. The van der Waals surface area contributed by atoms with E-state index >= 15 is 0 Å². The molecule has 25 heavy (non-hydrogen) atoms. The molecule has 0 saturated carbocycles. The van der Waals surface area contributed by atoms with Crippen molar-refractivity contribution in [3.05, 3.63) is 42.5 Å². The van der Waals surface area contributed by atoms with Crippen LogP contribution in [0.15, 0.2) is 36.9 Å². The number of carbonyl (C=O) groups excluding carboxylic acids is 1. The third-order valence-electron chi connectivity index (χ3n) is 3.85.